The van der Waals surface area contributed by atoms with Gasteiger partial charge in [-0.2, -0.15) is 0 Å². The lowest BCUT2D eigenvalue weighted by molar-refractivity contribution is -0.230. The van der Waals surface area contributed by atoms with Crippen molar-refractivity contribution in [1.29, 1.82) is 0 Å². The highest BCUT2D eigenvalue weighted by molar-refractivity contribution is 7.45. The van der Waals surface area contributed by atoms with Crippen LogP contribution in [-0.4, -0.2) is 60.8 Å². The van der Waals surface area contributed by atoms with Gasteiger partial charge < -0.3 is 33.6 Å². The van der Waals surface area contributed by atoms with E-state index in [4.69, 9.17) is 19.1 Å². The van der Waals surface area contributed by atoms with Gasteiger partial charge in [-0.05, 0) is 64.2 Å². The predicted octanol–water partition coefficient (Wildman–Crippen LogP) is 10.4. The predicted molar refractivity (Wildman–Crippen MR) is 212 cm³/mol. The zero-order valence-electron chi connectivity index (χ0n) is 33.7. The second-order valence-electron chi connectivity index (χ2n) is 14.3. The lowest BCUT2D eigenvalue weighted by atomic mass is 10.1. The maximum absolute atomic E-state index is 12.6. The second-order valence-corrected chi connectivity index (χ2v) is 15.7. The van der Waals surface area contributed by atoms with Gasteiger partial charge in [0.1, 0.15) is 12.7 Å². The first-order valence-electron chi connectivity index (χ1n) is 21.3. The van der Waals surface area contributed by atoms with Gasteiger partial charge >= 0.3 is 11.9 Å². The number of aliphatic hydroxyl groups excluding tert-OH is 2. The fraction of sp³-hybridized carbons (Fsp3) is 0.857. The van der Waals surface area contributed by atoms with Crippen molar-refractivity contribution in [3.05, 3.63) is 24.3 Å². The van der Waals surface area contributed by atoms with Crippen molar-refractivity contribution in [2.75, 3.05) is 26.4 Å². The van der Waals surface area contributed by atoms with Gasteiger partial charge in [0.2, 0.25) is 0 Å². The first-order chi connectivity index (χ1) is 25.7. The minimum Gasteiger partial charge on any atom is -0.756 e. The van der Waals surface area contributed by atoms with E-state index in [0.717, 1.165) is 77.0 Å². The number of carbonyl (C=O) groups is 2. The Morgan fingerprint density at radius 1 is 0.566 bits per heavy atom. The molecule has 0 rings (SSSR count). The summed E-state index contributed by atoms with van der Waals surface area (Å²) in [6, 6.07) is 0. The van der Waals surface area contributed by atoms with Gasteiger partial charge in [-0.25, -0.2) is 0 Å². The molecule has 312 valence electrons. The largest absolute Gasteiger partial charge is 0.756 e. The third-order valence-electron chi connectivity index (χ3n) is 9.07. The van der Waals surface area contributed by atoms with Crippen LogP contribution in [0.1, 0.15) is 194 Å². The number of ether oxygens (including phenoxy) is 2. The van der Waals surface area contributed by atoms with E-state index in [9.17, 15) is 24.2 Å². The maximum atomic E-state index is 12.6. The molecule has 0 fully saturated rings. The number of phosphoric ester groups is 1. The molecule has 3 atom stereocenters. The first-order valence-corrected chi connectivity index (χ1v) is 22.7. The fourth-order valence-corrected chi connectivity index (χ4v) is 6.52. The van der Waals surface area contributed by atoms with Crippen LogP contribution in [0, 0.1) is 0 Å². The molecule has 0 aliphatic rings. The summed E-state index contributed by atoms with van der Waals surface area (Å²) in [5.41, 5.74) is 0. The number of esters is 2. The van der Waals surface area contributed by atoms with Crippen LogP contribution in [0.2, 0.25) is 0 Å². The topological polar surface area (TPSA) is 152 Å². The number of hydrogen-bond acceptors (Lipinski definition) is 10. The zero-order valence-corrected chi connectivity index (χ0v) is 34.6. The molecule has 1 unspecified atom stereocenters. The molecule has 0 aromatic rings. The molecule has 2 N–H and O–H groups in total. The van der Waals surface area contributed by atoms with E-state index in [-0.39, 0.29) is 19.4 Å². The number of carbonyl (C=O) groups excluding carboxylic acids is 2. The summed E-state index contributed by atoms with van der Waals surface area (Å²) in [7, 11) is -4.87. The molecule has 0 spiro atoms. The molecule has 0 aromatic heterocycles. The summed E-state index contributed by atoms with van der Waals surface area (Å²) in [6.07, 6.45) is 36.9. The smallest absolute Gasteiger partial charge is 0.306 e. The van der Waals surface area contributed by atoms with Crippen LogP contribution in [0.4, 0.5) is 0 Å². The SMILES string of the molecule is CCCCCCCC/C=C\CCCCCCCC(=O)OC[C@H](COP(=O)([O-])OC[C@@H](O)CO)OC(=O)CCCCCCC/C=C\CCCCCCCC. The molecule has 0 amide bonds. The Kier molecular flexibility index (Phi) is 37.6. The Morgan fingerprint density at radius 2 is 0.943 bits per heavy atom. The molecule has 0 saturated carbocycles. The van der Waals surface area contributed by atoms with Crippen molar-refractivity contribution in [2.45, 2.75) is 206 Å². The lowest BCUT2D eigenvalue weighted by Gasteiger charge is -2.26. The van der Waals surface area contributed by atoms with E-state index in [1.54, 1.807) is 0 Å². The normalized spacial score (nSPS) is 14.1. The molecule has 0 saturated heterocycles. The molecule has 0 aromatic carbocycles. The molecule has 11 heteroatoms. The third kappa shape index (κ3) is 38.5. The number of hydrogen-bond donors (Lipinski definition) is 2. The molecular formula is C42H78O10P-. The van der Waals surface area contributed by atoms with Crippen molar-refractivity contribution >= 4 is 19.8 Å². The summed E-state index contributed by atoms with van der Waals surface area (Å²) >= 11 is 0. The summed E-state index contributed by atoms with van der Waals surface area (Å²) in [5, 5.41) is 18.3. The molecular weight excluding hydrogens is 695 g/mol. The Labute approximate surface area is 323 Å². The second kappa shape index (κ2) is 38.7. The fourth-order valence-electron chi connectivity index (χ4n) is 5.74. The molecule has 0 radical (unpaired) electrons. The molecule has 0 bridgehead atoms. The van der Waals surface area contributed by atoms with Gasteiger partial charge in [-0.3, -0.25) is 14.2 Å². The van der Waals surface area contributed by atoms with E-state index in [0.29, 0.717) is 12.8 Å². The number of rotatable bonds is 40. The highest BCUT2D eigenvalue weighted by atomic mass is 31.2. The van der Waals surface area contributed by atoms with Crippen LogP contribution in [0.25, 0.3) is 0 Å². The number of allylic oxidation sites excluding steroid dienone is 4. The summed E-state index contributed by atoms with van der Waals surface area (Å²) in [4.78, 5) is 37.1. The Bertz CT molecular complexity index is 941. The van der Waals surface area contributed by atoms with Gasteiger partial charge in [-0.1, -0.05) is 141 Å². The van der Waals surface area contributed by atoms with E-state index < -0.39 is 51.8 Å². The van der Waals surface area contributed by atoms with Gasteiger partial charge in [0, 0.05) is 12.8 Å². The van der Waals surface area contributed by atoms with Gasteiger partial charge in [0.05, 0.1) is 19.8 Å². The monoisotopic (exact) mass is 774 g/mol. The minimum atomic E-state index is -4.87. The highest BCUT2D eigenvalue weighted by Crippen LogP contribution is 2.38. The number of phosphoric acid groups is 1. The summed E-state index contributed by atoms with van der Waals surface area (Å²) in [6.45, 7) is 2.17. The Balaban J connectivity index is 4.33. The number of aliphatic hydroxyl groups is 2. The third-order valence-corrected chi connectivity index (χ3v) is 10.00. The van der Waals surface area contributed by atoms with Crippen LogP contribution >= 0.6 is 7.82 Å². The van der Waals surface area contributed by atoms with Gasteiger partial charge in [0.15, 0.2) is 6.10 Å². The number of unbranched alkanes of at least 4 members (excludes halogenated alkanes) is 22. The van der Waals surface area contributed by atoms with Crippen molar-refractivity contribution in [3.8, 4) is 0 Å². The standard InChI is InChI=1S/C42H79O10P/c1-3-5-7-9-11-13-15-17-19-21-23-25-27-29-31-33-41(45)49-37-40(38-51-53(47,48)50-36-39(44)35-43)52-42(46)34-32-30-28-26-24-22-20-18-16-14-12-10-8-6-4-2/h17-20,39-40,43-44H,3-16,21-38H2,1-2H3,(H,47,48)/p-1/b19-17-,20-18-/t39-,40+/m0/s1. The van der Waals surface area contributed by atoms with E-state index >= 15 is 0 Å². The average Bonchev–Trinajstić information content (AvgIpc) is 3.14. The Morgan fingerprint density at radius 3 is 1.38 bits per heavy atom. The van der Waals surface area contributed by atoms with Crippen LogP contribution in [0.15, 0.2) is 24.3 Å². The zero-order chi connectivity index (χ0) is 39.1. The lowest BCUT2D eigenvalue weighted by Crippen LogP contribution is -2.30. The van der Waals surface area contributed by atoms with Crippen molar-refractivity contribution in [1.82, 2.24) is 0 Å². The molecule has 0 aliphatic heterocycles. The minimum absolute atomic E-state index is 0.158. The molecule has 53 heavy (non-hydrogen) atoms. The first kappa shape index (κ1) is 51.5. The highest BCUT2D eigenvalue weighted by Gasteiger charge is 2.21. The Hall–Kier alpha value is -1.55. The van der Waals surface area contributed by atoms with Crippen molar-refractivity contribution in [2.24, 2.45) is 0 Å². The molecule has 10 nitrogen and oxygen atoms in total. The maximum Gasteiger partial charge on any atom is 0.306 e. The van der Waals surface area contributed by atoms with E-state index in [1.807, 2.05) is 0 Å². The van der Waals surface area contributed by atoms with E-state index in [1.165, 1.54) is 77.0 Å². The van der Waals surface area contributed by atoms with Gasteiger partial charge in [0.25, 0.3) is 7.82 Å². The van der Waals surface area contributed by atoms with Crippen LogP contribution in [-0.2, 0) is 32.7 Å². The van der Waals surface area contributed by atoms with Crippen molar-refractivity contribution < 1.29 is 47.8 Å². The van der Waals surface area contributed by atoms with Crippen molar-refractivity contribution in [3.63, 3.8) is 0 Å². The average molecular weight is 774 g/mol. The summed E-state index contributed by atoms with van der Waals surface area (Å²) < 4.78 is 32.3. The van der Waals surface area contributed by atoms with E-state index in [2.05, 4.69) is 42.7 Å². The van der Waals surface area contributed by atoms with Crippen LogP contribution in [0.5, 0.6) is 0 Å². The molecule has 0 aliphatic carbocycles. The quantitative estimate of drug-likeness (QED) is 0.0266. The van der Waals surface area contributed by atoms with Crippen LogP contribution in [0.3, 0.4) is 0 Å². The van der Waals surface area contributed by atoms with Crippen LogP contribution < -0.4 is 4.89 Å². The summed E-state index contributed by atoms with van der Waals surface area (Å²) in [5.74, 6) is -0.976. The molecule has 0 heterocycles. The van der Waals surface area contributed by atoms with Gasteiger partial charge in [-0.15, -0.1) is 0 Å².